The lowest BCUT2D eigenvalue weighted by Gasteiger charge is -2.19. The molecule has 0 saturated heterocycles. The van der Waals surface area contributed by atoms with Crippen molar-refractivity contribution in [3.8, 4) is 0 Å². The molecule has 1 aromatic rings. The van der Waals surface area contributed by atoms with E-state index < -0.39 is 17.9 Å². The summed E-state index contributed by atoms with van der Waals surface area (Å²) in [6.45, 7) is 7.70. The number of nitrogens with zero attached hydrogens (tertiary/aromatic N) is 1. The van der Waals surface area contributed by atoms with Crippen LogP contribution in [0.25, 0.3) is 0 Å². The van der Waals surface area contributed by atoms with Gasteiger partial charge in [-0.1, -0.05) is 34.1 Å². The van der Waals surface area contributed by atoms with Gasteiger partial charge in [-0.15, -0.1) is 11.3 Å². The van der Waals surface area contributed by atoms with Crippen LogP contribution in [0, 0.1) is 5.92 Å². The Morgan fingerprint density at radius 1 is 1.42 bits per heavy atom. The second-order valence-electron chi connectivity index (χ2n) is 4.90. The summed E-state index contributed by atoms with van der Waals surface area (Å²) in [5.41, 5.74) is 0.295. The third-order valence-electron chi connectivity index (χ3n) is 3.01. The molecule has 0 fully saturated rings. The van der Waals surface area contributed by atoms with E-state index in [0.29, 0.717) is 12.1 Å². The minimum atomic E-state index is -1.01. The van der Waals surface area contributed by atoms with Crippen LogP contribution in [0.4, 0.5) is 0 Å². The number of carboxylic acids is 1. The van der Waals surface area contributed by atoms with Gasteiger partial charge >= 0.3 is 5.97 Å². The number of amides is 1. The highest BCUT2D eigenvalue weighted by Gasteiger charge is 2.26. The van der Waals surface area contributed by atoms with Crippen molar-refractivity contribution in [1.29, 1.82) is 0 Å². The van der Waals surface area contributed by atoms with E-state index in [9.17, 15) is 9.59 Å². The number of rotatable bonds is 6. The minimum Gasteiger partial charge on any atom is -0.480 e. The van der Waals surface area contributed by atoms with Crippen LogP contribution in [0.2, 0.25) is 0 Å². The highest BCUT2D eigenvalue weighted by molar-refractivity contribution is 7.09. The van der Waals surface area contributed by atoms with Crippen LogP contribution < -0.4 is 5.32 Å². The first-order valence-corrected chi connectivity index (χ1v) is 7.23. The number of aromatic nitrogens is 1. The Balaban J connectivity index is 2.79. The highest BCUT2D eigenvalue weighted by atomic mass is 32.1. The predicted octanol–water partition coefficient (Wildman–Crippen LogP) is 2.50. The lowest BCUT2D eigenvalue weighted by atomic mass is 9.99. The van der Waals surface area contributed by atoms with Gasteiger partial charge in [0.15, 0.2) is 0 Å². The van der Waals surface area contributed by atoms with E-state index in [-0.39, 0.29) is 11.8 Å². The number of nitrogens with one attached hydrogen (secondary N) is 1. The van der Waals surface area contributed by atoms with Gasteiger partial charge in [-0.25, -0.2) is 9.78 Å². The maximum absolute atomic E-state index is 12.0. The van der Waals surface area contributed by atoms with Crippen molar-refractivity contribution < 1.29 is 14.7 Å². The fourth-order valence-corrected chi connectivity index (χ4v) is 2.37. The van der Waals surface area contributed by atoms with Crippen LogP contribution in [-0.2, 0) is 4.79 Å². The Morgan fingerprint density at radius 3 is 2.47 bits per heavy atom. The fraction of sp³-hybridized carbons (Fsp3) is 0.615. The molecule has 0 unspecified atom stereocenters. The Labute approximate surface area is 117 Å². The normalized spacial score (nSPS) is 14.2. The fourth-order valence-electron chi connectivity index (χ4n) is 1.56. The zero-order valence-corrected chi connectivity index (χ0v) is 12.5. The maximum Gasteiger partial charge on any atom is 0.326 e. The van der Waals surface area contributed by atoms with Crippen molar-refractivity contribution in [2.45, 2.75) is 46.1 Å². The molecule has 0 spiro atoms. The van der Waals surface area contributed by atoms with Gasteiger partial charge in [0.1, 0.15) is 11.7 Å². The quantitative estimate of drug-likeness (QED) is 0.841. The van der Waals surface area contributed by atoms with E-state index in [4.69, 9.17) is 5.11 Å². The second kappa shape index (κ2) is 6.65. The maximum atomic E-state index is 12.0. The summed E-state index contributed by atoms with van der Waals surface area (Å²) < 4.78 is 0. The average molecular weight is 284 g/mol. The molecule has 0 saturated carbocycles. The molecule has 1 aromatic heterocycles. The van der Waals surface area contributed by atoms with Gasteiger partial charge < -0.3 is 10.4 Å². The third-order valence-corrected chi connectivity index (χ3v) is 4.16. The molecular formula is C13H20N2O3S. The van der Waals surface area contributed by atoms with Crippen molar-refractivity contribution in [2.24, 2.45) is 5.92 Å². The van der Waals surface area contributed by atoms with Crippen LogP contribution >= 0.6 is 11.3 Å². The Morgan fingerprint density at radius 2 is 2.05 bits per heavy atom. The van der Waals surface area contributed by atoms with Gasteiger partial charge in [0.25, 0.3) is 5.91 Å². The lowest BCUT2D eigenvalue weighted by molar-refractivity contribution is -0.140. The molecule has 1 heterocycles. The number of hydrogen-bond acceptors (Lipinski definition) is 4. The van der Waals surface area contributed by atoms with Crippen molar-refractivity contribution in [2.75, 3.05) is 0 Å². The number of hydrogen-bond donors (Lipinski definition) is 2. The van der Waals surface area contributed by atoms with Gasteiger partial charge in [0.2, 0.25) is 0 Å². The van der Waals surface area contributed by atoms with Crippen molar-refractivity contribution in [1.82, 2.24) is 10.3 Å². The summed E-state index contributed by atoms with van der Waals surface area (Å²) >= 11 is 1.42. The molecule has 0 aliphatic carbocycles. The molecular weight excluding hydrogens is 264 g/mol. The number of aliphatic carboxylic acids is 1. The molecule has 5 nitrogen and oxygen atoms in total. The lowest BCUT2D eigenvalue weighted by Crippen LogP contribution is -2.45. The van der Waals surface area contributed by atoms with Gasteiger partial charge in [-0.2, -0.15) is 0 Å². The monoisotopic (exact) mass is 284 g/mol. The predicted molar refractivity (Wildman–Crippen MR) is 74.5 cm³/mol. The molecule has 0 radical (unpaired) electrons. The molecule has 1 amide bonds. The van der Waals surface area contributed by atoms with Crippen LogP contribution in [0.15, 0.2) is 5.38 Å². The van der Waals surface area contributed by atoms with Gasteiger partial charge in [0, 0.05) is 11.3 Å². The van der Waals surface area contributed by atoms with E-state index in [1.165, 1.54) is 11.3 Å². The topological polar surface area (TPSA) is 79.3 Å². The van der Waals surface area contributed by atoms with Crippen molar-refractivity contribution in [3.05, 3.63) is 16.1 Å². The summed E-state index contributed by atoms with van der Waals surface area (Å²) in [6, 6.07) is -0.873. The van der Waals surface area contributed by atoms with Gasteiger partial charge in [-0.05, 0) is 5.92 Å². The second-order valence-corrected chi connectivity index (χ2v) is 5.79. The van der Waals surface area contributed by atoms with E-state index in [2.05, 4.69) is 10.3 Å². The molecule has 1 rings (SSSR count). The summed E-state index contributed by atoms with van der Waals surface area (Å²) in [5, 5.41) is 14.2. The summed E-state index contributed by atoms with van der Waals surface area (Å²) in [4.78, 5) is 27.4. The molecule has 0 aliphatic rings. The first kappa shape index (κ1) is 15.6. The van der Waals surface area contributed by atoms with Crippen LogP contribution in [-0.4, -0.2) is 28.0 Å². The molecule has 106 valence electrons. The number of carbonyl (C=O) groups is 2. The average Bonchev–Trinajstić information content (AvgIpc) is 2.84. The van der Waals surface area contributed by atoms with E-state index in [1.54, 1.807) is 12.3 Å². The van der Waals surface area contributed by atoms with Crippen LogP contribution in [0.1, 0.15) is 55.5 Å². The zero-order valence-electron chi connectivity index (χ0n) is 11.6. The molecule has 0 aliphatic heterocycles. The Hall–Kier alpha value is -1.43. The van der Waals surface area contributed by atoms with Gasteiger partial charge in [-0.3, -0.25) is 4.79 Å². The standard InChI is InChI=1S/C13H20N2O3S/c1-5-8(4)10(13(17)18)15-11(16)9-6-19-12(14-9)7(2)3/h6-8,10H,5H2,1-4H3,(H,15,16)(H,17,18)/t8-,10-/m0/s1. The number of carbonyl (C=O) groups excluding carboxylic acids is 1. The Kier molecular flexibility index (Phi) is 5.47. The largest absolute Gasteiger partial charge is 0.480 e. The van der Waals surface area contributed by atoms with E-state index >= 15 is 0 Å². The smallest absolute Gasteiger partial charge is 0.326 e. The minimum absolute atomic E-state index is 0.121. The molecule has 2 atom stereocenters. The first-order chi connectivity index (χ1) is 8.86. The number of thiazole rings is 1. The molecule has 19 heavy (non-hydrogen) atoms. The molecule has 2 N–H and O–H groups in total. The SMILES string of the molecule is CC[C@H](C)[C@H](NC(=O)c1csc(C(C)C)n1)C(=O)O. The van der Waals surface area contributed by atoms with Crippen molar-refractivity contribution in [3.63, 3.8) is 0 Å². The summed E-state index contributed by atoms with van der Waals surface area (Å²) in [5.74, 6) is -1.29. The first-order valence-electron chi connectivity index (χ1n) is 6.35. The zero-order chi connectivity index (χ0) is 14.6. The van der Waals surface area contributed by atoms with Crippen LogP contribution in [0.3, 0.4) is 0 Å². The van der Waals surface area contributed by atoms with E-state index in [1.807, 2.05) is 20.8 Å². The van der Waals surface area contributed by atoms with Gasteiger partial charge in [0.05, 0.1) is 5.01 Å². The van der Waals surface area contributed by atoms with Crippen LogP contribution in [0.5, 0.6) is 0 Å². The summed E-state index contributed by atoms with van der Waals surface area (Å²) in [7, 11) is 0. The number of carboxylic acid groups (broad SMARTS) is 1. The van der Waals surface area contributed by atoms with Crippen molar-refractivity contribution >= 4 is 23.2 Å². The Bertz CT molecular complexity index is 456. The molecule has 0 bridgehead atoms. The molecule has 6 heteroatoms. The highest BCUT2D eigenvalue weighted by Crippen LogP contribution is 2.19. The van der Waals surface area contributed by atoms with E-state index in [0.717, 1.165) is 5.01 Å². The molecule has 0 aromatic carbocycles. The summed E-state index contributed by atoms with van der Waals surface area (Å²) in [6.07, 6.45) is 0.686. The third kappa shape index (κ3) is 4.02.